The van der Waals surface area contributed by atoms with Gasteiger partial charge in [0.05, 0.1) is 11.2 Å². The van der Waals surface area contributed by atoms with Gasteiger partial charge in [0.2, 0.25) is 5.95 Å². The second-order valence-electron chi connectivity index (χ2n) is 7.26. The van der Waals surface area contributed by atoms with Crippen molar-refractivity contribution in [2.75, 3.05) is 23.7 Å². The lowest BCUT2D eigenvalue weighted by Crippen LogP contribution is -2.25. The molecule has 3 rings (SSSR count). The highest BCUT2D eigenvalue weighted by Gasteiger charge is 2.20. The Labute approximate surface area is 170 Å². The van der Waals surface area contributed by atoms with Gasteiger partial charge in [0.1, 0.15) is 5.52 Å². The van der Waals surface area contributed by atoms with Crippen molar-refractivity contribution in [3.8, 4) is 11.1 Å². The monoisotopic (exact) mass is 428 g/mol. The van der Waals surface area contributed by atoms with Crippen LogP contribution >= 0.6 is 15.9 Å². The molecular weight excluding hydrogens is 400 g/mol. The van der Waals surface area contributed by atoms with E-state index in [4.69, 9.17) is 10.7 Å². The van der Waals surface area contributed by atoms with E-state index in [2.05, 4.69) is 72.8 Å². The van der Waals surface area contributed by atoms with E-state index in [1.54, 1.807) is 0 Å². The number of nitrogen functional groups attached to an aromatic ring is 1. The molecule has 27 heavy (non-hydrogen) atoms. The van der Waals surface area contributed by atoms with Crippen molar-refractivity contribution in [1.82, 2.24) is 9.55 Å². The van der Waals surface area contributed by atoms with Crippen molar-refractivity contribution in [3.63, 3.8) is 0 Å². The summed E-state index contributed by atoms with van der Waals surface area (Å²) in [5.74, 6) is 0.555. The SMILES string of the molecule is CCCN(CCC)c1ccc(-c2c(C)cc(Br)cc2C)c2nc(N)n(C)c12. The molecule has 2 N–H and O–H groups in total. The largest absolute Gasteiger partial charge is 0.370 e. The number of hydrogen-bond donors (Lipinski definition) is 1. The average Bonchev–Trinajstić information content (AvgIpc) is 2.90. The maximum atomic E-state index is 6.24. The summed E-state index contributed by atoms with van der Waals surface area (Å²) in [6.45, 7) is 10.8. The number of aryl methyl sites for hydroxylation is 3. The number of fused-ring (bicyclic) bond motifs is 1. The Morgan fingerprint density at radius 1 is 1.07 bits per heavy atom. The maximum absolute atomic E-state index is 6.24. The highest BCUT2D eigenvalue weighted by atomic mass is 79.9. The minimum atomic E-state index is 0.555. The first-order valence-electron chi connectivity index (χ1n) is 9.65. The molecule has 0 bridgehead atoms. The van der Waals surface area contributed by atoms with Crippen molar-refractivity contribution < 1.29 is 0 Å². The predicted molar refractivity (Wildman–Crippen MR) is 121 cm³/mol. The van der Waals surface area contributed by atoms with E-state index in [-0.39, 0.29) is 0 Å². The van der Waals surface area contributed by atoms with Gasteiger partial charge in [-0.15, -0.1) is 0 Å². The summed E-state index contributed by atoms with van der Waals surface area (Å²) in [5, 5.41) is 0. The minimum absolute atomic E-state index is 0.555. The molecule has 0 radical (unpaired) electrons. The lowest BCUT2D eigenvalue weighted by atomic mass is 9.94. The third-order valence-corrected chi connectivity index (χ3v) is 5.59. The van der Waals surface area contributed by atoms with Gasteiger partial charge in [-0.05, 0) is 67.6 Å². The van der Waals surface area contributed by atoms with Crippen molar-refractivity contribution in [2.24, 2.45) is 7.05 Å². The first-order chi connectivity index (χ1) is 12.9. The molecule has 0 unspecified atom stereocenters. The second kappa shape index (κ2) is 7.93. The molecule has 0 fully saturated rings. The first kappa shape index (κ1) is 19.7. The van der Waals surface area contributed by atoms with Crippen molar-refractivity contribution in [2.45, 2.75) is 40.5 Å². The summed E-state index contributed by atoms with van der Waals surface area (Å²) in [4.78, 5) is 7.21. The summed E-state index contributed by atoms with van der Waals surface area (Å²) in [6, 6.07) is 8.78. The van der Waals surface area contributed by atoms with Gasteiger partial charge in [-0.1, -0.05) is 29.8 Å². The highest BCUT2D eigenvalue weighted by molar-refractivity contribution is 9.10. The summed E-state index contributed by atoms with van der Waals surface area (Å²) in [6.07, 6.45) is 2.23. The second-order valence-corrected chi connectivity index (χ2v) is 8.18. The van der Waals surface area contributed by atoms with Crippen LogP contribution in [-0.4, -0.2) is 22.6 Å². The Balaban J connectivity index is 2.30. The Hall–Kier alpha value is -2.01. The summed E-state index contributed by atoms with van der Waals surface area (Å²) in [5.41, 5.74) is 14.4. The molecule has 0 saturated carbocycles. The van der Waals surface area contributed by atoms with E-state index in [1.165, 1.54) is 22.4 Å². The van der Waals surface area contributed by atoms with Crippen LogP contribution in [0.15, 0.2) is 28.7 Å². The van der Waals surface area contributed by atoms with E-state index in [9.17, 15) is 0 Å². The van der Waals surface area contributed by atoms with Crippen LogP contribution in [-0.2, 0) is 7.05 Å². The Morgan fingerprint density at radius 3 is 2.22 bits per heavy atom. The summed E-state index contributed by atoms with van der Waals surface area (Å²) >= 11 is 3.60. The van der Waals surface area contributed by atoms with Gasteiger partial charge in [0.25, 0.3) is 0 Å². The van der Waals surface area contributed by atoms with Gasteiger partial charge in [0, 0.05) is 30.2 Å². The molecule has 0 aliphatic carbocycles. The Bertz CT molecular complexity index is 945. The van der Waals surface area contributed by atoms with Gasteiger partial charge in [-0.25, -0.2) is 4.98 Å². The van der Waals surface area contributed by atoms with Gasteiger partial charge >= 0.3 is 0 Å². The van der Waals surface area contributed by atoms with E-state index in [0.717, 1.165) is 47.0 Å². The summed E-state index contributed by atoms with van der Waals surface area (Å²) in [7, 11) is 2.01. The van der Waals surface area contributed by atoms with Crippen LogP contribution in [0.4, 0.5) is 11.6 Å². The summed E-state index contributed by atoms with van der Waals surface area (Å²) < 4.78 is 3.13. The van der Waals surface area contributed by atoms with Crippen molar-refractivity contribution >= 4 is 38.6 Å². The third-order valence-electron chi connectivity index (χ3n) is 5.13. The molecular formula is C22H29BrN4. The van der Waals surface area contributed by atoms with Gasteiger partial charge in [0.15, 0.2) is 0 Å². The molecule has 0 saturated heterocycles. The van der Waals surface area contributed by atoms with Crippen LogP contribution in [0, 0.1) is 13.8 Å². The fourth-order valence-electron chi connectivity index (χ4n) is 4.00. The number of nitrogens with two attached hydrogens (primary N) is 1. The molecule has 2 aromatic carbocycles. The van der Waals surface area contributed by atoms with Crippen LogP contribution in [0.1, 0.15) is 37.8 Å². The van der Waals surface area contributed by atoms with Gasteiger partial charge in [-0.3, -0.25) is 0 Å². The van der Waals surface area contributed by atoms with Crippen molar-refractivity contribution in [1.29, 1.82) is 0 Å². The lowest BCUT2D eigenvalue weighted by molar-refractivity contribution is 0.745. The molecule has 0 spiro atoms. The smallest absolute Gasteiger partial charge is 0.201 e. The third kappa shape index (κ3) is 3.57. The zero-order chi connectivity index (χ0) is 19.7. The minimum Gasteiger partial charge on any atom is -0.370 e. The van der Waals surface area contributed by atoms with Gasteiger partial charge in [-0.2, -0.15) is 0 Å². The van der Waals surface area contributed by atoms with Crippen molar-refractivity contribution in [3.05, 3.63) is 39.9 Å². The average molecular weight is 429 g/mol. The fourth-order valence-corrected chi connectivity index (χ4v) is 4.69. The number of rotatable bonds is 6. The zero-order valence-corrected chi connectivity index (χ0v) is 18.5. The molecule has 3 aromatic rings. The lowest BCUT2D eigenvalue weighted by Gasteiger charge is -2.25. The van der Waals surface area contributed by atoms with E-state index >= 15 is 0 Å². The topological polar surface area (TPSA) is 47.1 Å². The standard InChI is InChI=1S/C22H29BrN4/c1-6-10-27(11-7-2)18-9-8-17(20-21(18)26(5)22(24)25-20)19-14(3)12-16(23)13-15(19)4/h8-9,12-13H,6-7,10-11H2,1-5H3,(H2,24,25). The number of benzene rings is 2. The fraction of sp³-hybridized carbons (Fsp3) is 0.409. The molecule has 0 aliphatic heterocycles. The molecule has 0 amide bonds. The highest BCUT2D eigenvalue weighted by Crippen LogP contribution is 2.39. The van der Waals surface area contributed by atoms with Crippen LogP contribution in [0.3, 0.4) is 0 Å². The van der Waals surface area contributed by atoms with E-state index in [0.29, 0.717) is 5.95 Å². The number of anilines is 2. The van der Waals surface area contributed by atoms with Gasteiger partial charge < -0.3 is 15.2 Å². The normalized spacial score (nSPS) is 11.3. The number of nitrogens with zero attached hydrogens (tertiary/aromatic N) is 3. The molecule has 5 heteroatoms. The van der Waals surface area contributed by atoms with Crippen LogP contribution in [0.2, 0.25) is 0 Å². The Kier molecular flexibility index (Phi) is 5.80. The first-order valence-corrected chi connectivity index (χ1v) is 10.4. The van der Waals surface area contributed by atoms with Crippen LogP contribution in [0.25, 0.3) is 22.2 Å². The Morgan fingerprint density at radius 2 is 1.67 bits per heavy atom. The number of imidazole rings is 1. The predicted octanol–water partition coefficient (Wildman–Crippen LogP) is 5.83. The number of halogens is 1. The van der Waals surface area contributed by atoms with E-state index in [1.807, 2.05) is 11.6 Å². The maximum Gasteiger partial charge on any atom is 0.201 e. The molecule has 1 heterocycles. The molecule has 0 atom stereocenters. The van der Waals surface area contributed by atoms with E-state index < -0.39 is 0 Å². The molecule has 144 valence electrons. The van der Waals surface area contributed by atoms with Crippen LogP contribution in [0.5, 0.6) is 0 Å². The quantitative estimate of drug-likeness (QED) is 0.537. The van der Waals surface area contributed by atoms with Crippen LogP contribution < -0.4 is 10.6 Å². The zero-order valence-electron chi connectivity index (χ0n) is 16.9. The molecule has 1 aromatic heterocycles. The number of hydrogen-bond acceptors (Lipinski definition) is 3. The number of aromatic nitrogens is 2. The molecule has 0 aliphatic rings. The molecule has 4 nitrogen and oxygen atoms in total.